The molecule has 0 bridgehead atoms. The second-order valence-electron chi connectivity index (χ2n) is 5.97. The molecule has 3 heteroatoms. The van der Waals surface area contributed by atoms with Crippen LogP contribution in [0.1, 0.15) is 35.8 Å². The molecule has 2 aromatic rings. The lowest BCUT2D eigenvalue weighted by atomic mass is 9.57. The molecule has 0 radical (unpaired) electrons. The lowest BCUT2D eigenvalue weighted by Gasteiger charge is -2.40. The highest BCUT2D eigenvalue weighted by atomic mass is 16.1. The summed E-state index contributed by atoms with van der Waals surface area (Å²) in [4.78, 5) is 12.3. The van der Waals surface area contributed by atoms with Gasteiger partial charge in [0.15, 0.2) is 5.41 Å². The van der Waals surface area contributed by atoms with E-state index >= 15 is 0 Å². The molecule has 2 atom stereocenters. The Morgan fingerprint density at radius 1 is 0.783 bits per heavy atom. The van der Waals surface area contributed by atoms with E-state index in [1.165, 1.54) is 0 Å². The van der Waals surface area contributed by atoms with Crippen LogP contribution in [0.5, 0.6) is 0 Å². The van der Waals surface area contributed by atoms with Gasteiger partial charge in [-0.05, 0) is 11.1 Å². The molecule has 0 N–H and O–H groups in total. The quantitative estimate of drug-likeness (QED) is 0.843. The summed E-state index contributed by atoms with van der Waals surface area (Å²) in [5.41, 5.74) is 0.533. The molecule has 0 aromatic heterocycles. The van der Waals surface area contributed by atoms with Crippen molar-refractivity contribution in [3.05, 3.63) is 71.8 Å². The van der Waals surface area contributed by atoms with Gasteiger partial charge in [-0.3, -0.25) is 4.79 Å². The van der Waals surface area contributed by atoms with Gasteiger partial charge in [0.05, 0.1) is 12.1 Å². The predicted octanol–water partition coefficient (Wildman–Crippen LogP) is 3.95. The maximum Gasteiger partial charge on any atom is 0.158 e. The van der Waals surface area contributed by atoms with Crippen LogP contribution in [-0.4, -0.2) is 5.78 Å². The number of Topliss-reactive ketones (excluding diaryl/α,β-unsaturated/α-hetero) is 1. The summed E-state index contributed by atoms with van der Waals surface area (Å²) >= 11 is 0. The van der Waals surface area contributed by atoms with E-state index in [1.807, 2.05) is 60.7 Å². The second kappa shape index (κ2) is 6.07. The van der Waals surface area contributed by atoms with Crippen molar-refractivity contribution in [1.82, 2.24) is 0 Å². The van der Waals surface area contributed by atoms with Crippen molar-refractivity contribution in [2.75, 3.05) is 0 Å². The molecule has 2 aromatic carbocycles. The van der Waals surface area contributed by atoms with E-state index in [4.69, 9.17) is 0 Å². The first-order valence-corrected chi connectivity index (χ1v) is 7.65. The highest BCUT2D eigenvalue weighted by Gasteiger charge is 2.52. The van der Waals surface area contributed by atoms with Gasteiger partial charge < -0.3 is 0 Å². The smallest absolute Gasteiger partial charge is 0.158 e. The molecule has 112 valence electrons. The van der Waals surface area contributed by atoms with Crippen LogP contribution in [0.15, 0.2) is 60.7 Å². The van der Waals surface area contributed by atoms with E-state index < -0.39 is 17.3 Å². The van der Waals surface area contributed by atoms with E-state index in [1.54, 1.807) is 0 Å². The normalized spacial score (nSPS) is 22.8. The average molecular weight is 300 g/mol. The van der Waals surface area contributed by atoms with Gasteiger partial charge in [0.2, 0.25) is 0 Å². The van der Waals surface area contributed by atoms with Crippen molar-refractivity contribution in [1.29, 1.82) is 10.5 Å². The molecule has 0 heterocycles. The van der Waals surface area contributed by atoms with E-state index in [2.05, 4.69) is 12.1 Å². The van der Waals surface area contributed by atoms with Gasteiger partial charge in [-0.25, -0.2) is 0 Å². The minimum atomic E-state index is -1.23. The van der Waals surface area contributed by atoms with Gasteiger partial charge in [0, 0.05) is 24.7 Å². The highest BCUT2D eigenvalue weighted by Crippen LogP contribution is 2.53. The maximum atomic E-state index is 12.3. The molecular formula is C20H16N2O. The number of hydrogen-bond acceptors (Lipinski definition) is 3. The van der Waals surface area contributed by atoms with E-state index in [0.717, 1.165) is 11.1 Å². The molecule has 1 saturated carbocycles. The van der Waals surface area contributed by atoms with Gasteiger partial charge in [-0.1, -0.05) is 60.7 Å². The van der Waals surface area contributed by atoms with Crippen LogP contribution in [0.3, 0.4) is 0 Å². The molecule has 0 aliphatic heterocycles. The summed E-state index contributed by atoms with van der Waals surface area (Å²) < 4.78 is 0. The number of carbonyl (C=O) groups excluding carboxylic acids is 1. The van der Waals surface area contributed by atoms with Crippen molar-refractivity contribution in [3.8, 4) is 12.1 Å². The van der Waals surface area contributed by atoms with Gasteiger partial charge >= 0.3 is 0 Å². The van der Waals surface area contributed by atoms with Crippen LogP contribution in [0.2, 0.25) is 0 Å². The number of benzene rings is 2. The van der Waals surface area contributed by atoms with Gasteiger partial charge in [-0.15, -0.1) is 0 Å². The topological polar surface area (TPSA) is 64.7 Å². The van der Waals surface area contributed by atoms with Crippen LogP contribution >= 0.6 is 0 Å². The van der Waals surface area contributed by atoms with Crippen molar-refractivity contribution < 1.29 is 4.79 Å². The molecule has 0 saturated heterocycles. The van der Waals surface area contributed by atoms with Crippen molar-refractivity contribution in [2.45, 2.75) is 24.7 Å². The molecular weight excluding hydrogens is 284 g/mol. The summed E-state index contributed by atoms with van der Waals surface area (Å²) in [6, 6.07) is 23.4. The van der Waals surface area contributed by atoms with E-state index in [0.29, 0.717) is 0 Å². The molecule has 3 nitrogen and oxygen atoms in total. The van der Waals surface area contributed by atoms with Crippen LogP contribution in [-0.2, 0) is 4.79 Å². The minimum Gasteiger partial charge on any atom is -0.300 e. The number of hydrogen-bond donors (Lipinski definition) is 0. The molecule has 1 aliphatic rings. The molecule has 0 amide bonds. The van der Waals surface area contributed by atoms with Gasteiger partial charge in [-0.2, -0.15) is 10.5 Å². The van der Waals surface area contributed by atoms with Gasteiger partial charge in [0.25, 0.3) is 0 Å². The third-order valence-electron chi connectivity index (χ3n) is 4.74. The monoisotopic (exact) mass is 300 g/mol. The van der Waals surface area contributed by atoms with Crippen LogP contribution < -0.4 is 0 Å². The molecule has 0 spiro atoms. The molecule has 23 heavy (non-hydrogen) atoms. The summed E-state index contributed by atoms with van der Waals surface area (Å²) in [6.07, 6.45) is 0.489. The Morgan fingerprint density at radius 3 is 1.52 bits per heavy atom. The zero-order chi connectivity index (χ0) is 16.3. The van der Waals surface area contributed by atoms with Crippen LogP contribution in [0.25, 0.3) is 0 Å². The Bertz CT molecular complexity index is 716. The zero-order valence-electron chi connectivity index (χ0n) is 12.6. The van der Waals surface area contributed by atoms with Crippen molar-refractivity contribution >= 4 is 5.78 Å². The second-order valence-corrected chi connectivity index (χ2v) is 5.97. The lowest BCUT2D eigenvalue weighted by Crippen LogP contribution is -2.39. The molecule has 1 fully saturated rings. The fourth-order valence-corrected chi connectivity index (χ4v) is 3.57. The Balaban J connectivity index is 2.15. The number of nitrogens with zero attached hydrogens (tertiary/aromatic N) is 2. The Morgan fingerprint density at radius 2 is 1.17 bits per heavy atom. The first-order chi connectivity index (χ1) is 11.2. The van der Waals surface area contributed by atoms with Crippen LogP contribution in [0, 0.1) is 28.1 Å². The fraction of sp³-hybridized carbons (Fsp3) is 0.250. The summed E-state index contributed by atoms with van der Waals surface area (Å²) in [5, 5.41) is 19.8. The summed E-state index contributed by atoms with van der Waals surface area (Å²) in [7, 11) is 0. The number of nitriles is 2. The zero-order valence-corrected chi connectivity index (χ0v) is 12.6. The lowest BCUT2D eigenvalue weighted by molar-refractivity contribution is -0.122. The molecule has 3 rings (SSSR count). The van der Waals surface area contributed by atoms with Gasteiger partial charge in [0.1, 0.15) is 5.78 Å². The van der Waals surface area contributed by atoms with E-state index in [-0.39, 0.29) is 18.6 Å². The first-order valence-electron chi connectivity index (χ1n) is 7.65. The predicted molar refractivity (Wildman–Crippen MR) is 86.3 cm³/mol. The Kier molecular flexibility index (Phi) is 3.96. The number of carbonyl (C=O) groups is 1. The Labute approximate surface area is 135 Å². The Hall–Kier alpha value is -2.91. The number of ketones is 1. The van der Waals surface area contributed by atoms with Crippen molar-refractivity contribution in [2.24, 2.45) is 5.41 Å². The standard InChI is InChI=1S/C20H16N2O/c21-13-20(14-22)18(15-7-3-1-4-8-15)11-17(23)12-19(20)16-9-5-2-6-10-16/h1-10,18-19H,11-12H2/t18-,19+. The van der Waals surface area contributed by atoms with Crippen molar-refractivity contribution in [3.63, 3.8) is 0 Å². The minimum absolute atomic E-state index is 0.105. The maximum absolute atomic E-state index is 12.3. The molecule has 0 unspecified atom stereocenters. The molecule has 1 aliphatic carbocycles. The summed E-state index contributed by atoms with van der Waals surface area (Å²) in [6.45, 7) is 0. The van der Waals surface area contributed by atoms with E-state index in [9.17, 15) is 15.3 Å². The average Bonchev–Trinajstić information content (AvgIpc) is 2.63. The third kappa shape index (κ3) is 2.51. The fourth-order valence-electron chi connectivity index (χ4n) is 3.57. The SMILES string of the molecule is N#CC1(C#N)[C@@H](c2ccccc2)CC(=O)C[C@H]1c1ccccc1. The van der Waals surface area contributed by atoms with Crippen LogP contribution in [0.4, 0.5) is 0 Å². The largest absolute Gasteiger partial charge is 0.300 e. The highest BCUT2D eigenvalue weighted by molar-refractivity contribution is 5.82. The first kappa shape index (κ1) is 15.0. The third-order valence-corrected chi connectivity index (χ3v) is 4.74. The summed E-state index contributed by atoms with van der Waals surface area (Å²) in [5.74, 6) is -0.691. The number of rotatable bonds is 2.